The highest BCUT2D eigenvalue weighted by atomic mass is 32.2. The van der Waals surface area contributed by atoms with E-state index < -0.39 is 52.7 Å². The molecule has 1 aliphatic rings. The number of thioether (sulfide) groups is 1. The number of amides is 1. The van der Waals surface area contributed by atoms with Crippen LogP contribution in [-0.2, 0) is 5.54 Å². The first-order chi connectivity index (χ1) is 16.1. The van der Waals surface area contributed by atoms with Crippen LogP contribution in [0.25, 0.3) is 0 Å². The van der Waals surface area contributed by atoms with Crippen LogP contribution in [0.2, 0.25) is 0 Å². The predicted molar refractivity (Wildman–Crippen MR) is 121 cm³/mol. The second-order valence-electron chi connectivity index (χ2n) is 7.78. The van der Waals surface area contributed by atoms with Gasteiger partial charge in [0, 0.05) is 23.2 Å². The molecule has 1 aliphatic heterocycles. The third-order valence-electron chi connectivity index (χ3n) is 5.67. The van der Waals surface area contributed by atoms with Gasteiger partial charge in [-0.1, -0.05) is 24.6 Å². The standard InChI is InChI=1S/C22H21F4N5O2S/c1-4-5-33-17-9-28-16(8-29-17)19(32)30-13-6-14(18(26)15(25)7-13)22(11-24)12(2)21(3,10-23)34-20(27)31-22/h1,6-9,12H,5,10-11H2,2-3H3,(H2,27,31)(H,30,32)/t12-,21-,22+/m1/s1. The molecular weight excluding hydrogens is 474 g/mol. The zero-order chi connectivity index (χ0) is 25.1. The Labute approximate surface area is 197 Å². The lowest BCUT2D eigenvalue weighted by Gasteiger charge is -2.46. The van der Waals surface area contributed by atoms with Gasteiger partial charge in [-0.15, -0.1) is 6.42 Å². The second kappa shape index (κ2) is 9.89. The van der Waals surface area contributed by atoms with Gasteiger partial charge >= 0.3 is 0 Å². The van der Waals surface area contributed by atoms with Crippen molar-refractivity contribution in [2.24, 2.45) is 16.6 Å². The molecule has 3 N–H and O–H groups in total. The van der Waals surface area contributed by atoms with Gasteiger partial charge in [0.2, 0.25) is 5.88 Å². The minimum Gasteiger partial charge on any atom is -0.463 e. The zero-order valence-electron chi connectivity index (χ0n) is 18.2. The Morgan fingerprint density at radius 1 is 1.29 bits per heavy atom. The summed E-state index contributed by atoms with van der Waals surface area (Å²) < 4.78 is 61.7. The van der Waals surface area contributed by atoms with Gasteiger partial charge in [0.15, 0.2) is 23.4 Å². The number of carbonyl (C=O) groups is 1. The van der Waals surface area contributed by atoms with Crippen molar-refractivity contribution in [3.63, 3.8) is 0 Å². The van der Waals surface area contributed by atoms with Gasteiger partial charge in [0.05, 0.1) is 17.1 Å². The number of anilines is 1. The molecule has 180 valence electrons. The van der Waals surface area contributed by atoms with E-state index in [9.17, 15) is 22.4 Å². The lowest BCUT2D eigenvalue weighted by molar-refractivity contribution is 0.102. The Bertz CT molecular complexity index is 1160. The summed E-state index contributed by atoms with van der Waals surface area (Å²) in [5, 5.41) is 2.21. The van der Waals surface area contributed by atoms with Crippen LogP contribution < -0.4 is 15.8 Å². The van der Waals surface area contributed by atoms with Gasteiger partial charge in [-0.2, -0.15) is 0 Å². The molecule has 2 aromatic rings. The third-order valence-corrected chi connectivity index (χ3v) is 6.89. The molecule has 0 saturated carbocycles. The van der Waals surface area contributed by atoms with Gasteiger partial charge in [-0.05, 0) is 13.0 Å². The second-order valence-corrected chi connectivity index (χ2v) is 9.34. The minimum atomic E-state index is -2.00. The minimum absolute atomic E-state index is 0.0421. The van der Waals surface area contributed by atoms with Crippen LogP contribution in [0.5, 0.6) is 5.88 Å². The van der Waals surface area contributed by atoms with Crippen molar-refractivity contribution in [3.8, 4) is 18.2 Å². The zero-order valence-corrected chi connectivity index (χ0v) is 19.1. The topological polar surface area (TPSA) is 102 Å². The van der Waals surface area contributed by atoms with Crippen LogP contribution in [0.1, 0.15) is 29.9 Å². The number of nitrogens with two attached hydrogens (primary N) is 1. The number of aliphatic imine (C=N–C) groups is 1. The lowest BCUT2D eigenvalue weighted by atomic mass is 9.73. The molecule has 34 heavy (non-hydrogen) atoms. The highest BCUT2D eigenvalue weighted by molar-refractivity contribution is 8.15. The van der Waals surface area contributed by atoms with Crippen LogP contribution in [0.3, 0.4) is 0 Å². The fraction of sp³-hybridized carbons (Fsp3) is 0.364. The maximum absolute atomic E-state index is 14.9. The molecule has 0 aliphatic carbocycles. The summed E-state index contributed by atoms with van der Waals surface area (Å²) in [6, 6.07) is 1.78. The molecule has 12 heteroatoms. The average Bonchev–Trinajstić information content (AvgIpc) is 2.82. The number of nitrogens with zero attached hydrogens (tertiary/aromatic N) is 3. The van der Waals surface area contributed by atoms with E-state index in [1.807, 2.05) is 0 Å². The van der Waals surface area contributed by atoms with E-state index in [0.29, 0.717) is 0 Å². The van der Waals surface area contributed by atoms with Crippen LogP contribution >= 0.6 is 11.8 Å². The largest absolute Gasteiger partial charge is 0.463 e. The highest BCUT2D eigenvalue weighted by Gasteiger charge is 2.53. The first-order valence-corrected chi connectivity index (χ1v) is 10.8. The van der Waals surface area contributed by atoms with Crippen LogP contribution in [0.15, 0.2) is 29.5 Å². The SMILES string of the molecule is C#CCOc1cnc(C(=O)Nc2cc(F)c(F)c([C@@]3(CF)N=C(N)S[C@](C)(CF)[C@H]3C)c2)cn1. The summed E-state index contributed by atoms with van der Waals surface area (Å²) in [4.78, 5) is 24.4. The molecule has 2 heterocycles. The fourth-order valence-corrected chi connectivity index (χ4v) is 4.71. The molecule has 1 amide bonds. The van der Waals surface area contributed by atoms with E-state index in [4.69, 9.17) is 16.9 Å². The molecule has 0 unspecified atom stereocenters. The van der Waals surface area contributed by atoms with E-state index in [-0.39, 0.29) is 29.0 Å². The number of hydrogen-bond donors (Lipinski definition) is 2. The summed E-state index contributed by atoms with van der Waals surface area (Å²) in [6.07, 6.45) is 7.35. The van der Waals surface area contributed by atoms with Gasteiger partial charge in [0.25, 0.3) is 5.91 Å². The van der Waals surface area contributed by atoms with E-state index in [1.54, 1.807) is 0 Å². The molecule has 0 bridgehead atoms. The van der Waals surface area contributed by atoms with Crippen molar-refractivity contribution in [3.05, 3.63) is 47.4 Å². The Morgan fingerprint density at radius 3 is 2.62 bits per heavy atom. The first-order valence-electron chi connectivity index (χ1n) is 9.95. The van der Waals surface area contributed by atoms with E-state index in [0.717, 1.165) is 36.3 Å². The van der Waals surface area contributed by atoms with Gasteiger partial charge in [-0.25, -0.2) is 32.5 Å². The molecule has 3 atom stereocenters. The van der Waals surface area contributed by atoms with E-state index in [1.165, 1.54) is 13.8 Å². The van der Waals surface area contributed by atoms with Crippen LogP contribution in [-0.4, -0.2) is 45.7 Å². The highest BCUT2D eigenvalue weighted by Crippen LogP contribution is 2.51. The number of benzene rings is 1. The number of carbonyl (C=O) groups excluding carboxylic acids is 1. The fourth-order valence-electron chi connectivity index (χ4n) is 3.60. The Morgan fingerprint density at radius 2 is 2.03 bits per heavy atom. The van der Waals surface area contributed by atoms with Gasteiger partial charge in [-0.3, -0.25) is 4.79 Å². The van der Waals surface area contributed by atoms with Crippen molar-refractivity contribution in [2.45, 2.75) is 24.1 Å². The van der Waals surface area contributed by atoms with Crippen LogP contribution in [0.4, 0.5) is 23.2 Å². The summed E-state index contributed by atoms with van der Waals surface area (Å²) in [5.41, 5.74) is 2.97. The number of aromatic nitrogens is 2. The summed E-state index contributed by atoms with van der Waals surface area (Å²) in [6.45, 7) is 0.772. The van der Waals surface area contributed by atoms with E-state index >= 15 is 0 Å². The number of halogens is 4. The molecule has 1 aromatic carbocycles. The molecule has 1 aromatic heterocycles. The Kier molecular flexibility index (Phi) is 7.35. The lowest BCUT2D eigenvalue weighted by Crippen LogP contribution is -2.52. The smallest absolute Gasteiger partial charge is 0.275 e. The maximum Gasteiger partial charge on any atom is 0.275 e. The number of alkyl halides is 2. The maximum atomic E-state index is 14.9. The monoisotopic (exact) mass is 495 g/mol. The van der Waals surface area contributed by atoms with E-state index in [2.05, 4.69) is 26.2 Å². The molecule has 3 rings (SSSR count). The quantitative estimate of drug-likeness (QED) is 0.450. The number of amidine groups is 1. The normalized spacial score (nSPS) is 24.1. The number of rotatable bonds is 7. The summed E-state index contributed by atoms with van der Waals surface area (Å²) in [7, 11) is 0. The number of nitrogens with one attached hydrogen (secondary N) is 1. The molecule has 0 fully saturated rings. The Balaban J connectivity index is 1.98. The molecule has 0 radical (unpaired) electrons. The summed E-state index contributed by atoms with van der Waals surface area (Å²) in [5.74, 6) is -2.11. The van der Waals surface area contributed by atoms with Gasteiger partial charge in [0.1, 0.15) is 24.6 Å². The Hall–Kier alpha value is -3.33. The molecule has 7 nitrogen and oxygen atoms in total. The summed E-state index contributed by atoms with van der Waals surface area (Å²) >= 11 is 0.901. The molecule has 0 spiro atoms. The molecular formula is C22H21F4N5O2S. The average molecular weight is 496 g/mol. The third kappa shape index (κ3) is 4.65. The van der Waals surface area contributed by atoms with Crippen molar-refractivity contribution < 1.29 is 27.1 Å². The number of ether oxygens (including phenoxy) is 1. The van der Waals surface area contributed by atoms with Crippen molar-refractivity contribution in [1.29, 1.82) is 0 Å². The van der Waals surface area contributed by atoms with Crippen molar-refractivity contribution in [1.82, 2.24) is 9.97 Å². The van der Waals surface area contributed by atoms with Crippen molar-refractivity contribution in [2.75, 3.05) is 25.3 Å². The number of terminal acetylenes is 1. The van der Waals surface area contributed by atoms with Gasteiger partial charge < -0.3 is 15.8 Å². The van der Waals surface area contributed by atoms with Crippen molar-refractivity contribution >= 4 is 28.5 Å². The van der Waals surface area contributed by atoms with Crippen LogP contribution in [0, 0.1) is 29.9 Å². The first kappa shape index (κ1) is 25.3. The number of hydrogen-bond acceptors (Lipinski definition) is 7. The molecule has 0 saturated heterocycles. The predicted octanol–water partition coefficient (Wildman–Crippen LogP) is 3.61.